The number of carbonyl (C=O) groups is 2. The third-order valence-corrected chi connectivity index (χ3v) is 3.57. The van der Waals surface area contributed by atoms with Crippen molar-refractivity contribution in [3.8, 4) is 17.0 Å². The normalized spacial score (nSPS) is 13.8. The van der Waals surface area contributed by atoms with Crippen molar-refractivity contribution >= 4 is 17.9 Å². The molecule has 0 N–H and O–H groups in total. The molecule has 0 spiro atoms. The van der Waals surface area contributed by atoms with E-state index >= 15 is 0 Å². The molecule has 3 rings (SSSR count). The van der Waals surface area contributed by atoms with Crippen LogP contribution in [-0.2, 0) is 11.3 Å². The van der Waals surface area contributed by atoms with Gasteiger partial charge in [0.2, 0.25) is 0 Å². The Bertz CT molecular complexity index is 721. The molecule has 6 nitrogen and oxygen atoms in total. The molecule has 0 bridgehead atoms. The van der Waals surface area contributed by atoms with Crippen LogP contribution in [0.15, 0.2) is 24.3 Å². The van der Waals surface area contributed by atoms with Crippen LogP contribution in [0.2, 0.25) is 0 Å². The van der Waals surface area contributed by atoms with Gasteiger partial charge in [-0.05, 0) is 31.2 Å². The molecule has 0 aliphatic carbocycles. The Labute approximate surface area is 121 Å². The molecule has 1 aromatic heterocycles. The molecule has 6 heteroatoms. The molecular weight excluding hydrogens is 270 g/mol. The molecule has 0 atom stereocenters. The Kier molecular flexibility index (Phi) is 3.21. The van der Waals surface area contributed by atoms with Gasteiger partial charge in [-0.25, -0.2) is 0 Å². The smallest absolute Gasteiger partial charge is 0.264 e. The number of aryl methyl sites for hydroxylation is 1. The minimum atomic E-state index is -0.0904. The monoisotopic (exact) mass is 285 g/mol. The SMILES string of the molecule is CCn1nc(-c2ccc3c(c2)N(C)C(=O)CO3)cc1C=O. The number of hydrogen-bond donors (Lipinski definition) is 0. The number of hydrogen-bond acceptors (Lipinski definition) is 4. The molecular formula is C15H15N3O3. The van der Waals surface area contributed by atoms with Crippen LogP contribution >= 0.6 is 0 Å². The van der Waals surface area contributed by atoms with E-state index in [1.165, 1.54) is 0 Å². The van der Waals surface area contributed by atoms with Gasteiger partial charge in [-0.1, -0.05) is 0 Å². The van der Waals surface area contributed by atoms with Crippen molar-refractivity contribution in [3.63, 3.8) is 0 Å². The van der Waals surface area contributed by atoms with Gasteiger partial charge in [-0.15, -0.1) is 0 Å². The van der Waals surface area contributed by atoms with Crippen molar-refractivity contribution in [1.82, 2.24) is 9.78 Å². The van der Waals surface area contributed by atoms with E-state index in [1.54, 1.807) is 22.7 Å². The predicted molar refractivity (Wildman–Crippen MR) is 77.6 cm³/mol. The summed E-state index contributed by atoms with van der Waals surface area (Å²) in [7, 11) is 1.72. The Morgan fingerprint density at radius 2 is 2.19 bits per heavy atom. The lowest BCUT2D eigenvalue weighted by molar-refractivity contribution is -0.120. The molecule has 2 heterocycles. The van der Waals surface area contributed by atoms with Crippen molar-refractivity contribution in [1.29, 1.82) is 0 Å². The van der Waals surface area contributed by atoms with E-state index in [0.717, 1.165) is 11.8 Å². The highest BCUT2D eigenvalue weighted by molar-refractivity contribution is 5.98. The van der Waals surface area contributed by atoms with Crippen LogP contribution in [0.3, 0.4) is 0 Å². The largest absolute Gasteiger partial charge is 0.482 e. The number of aldehydes is 1. The minimum Gasteiger partial charge on any atom is -0.482 e. The van der Waals surface area contributed by atoms with E-state index < -0.39 is 0 Å². The number of ether oxygens (including phenoxy) is 1. The van der Waals surface area contributed by atoms with E-state index in [4.69, 9.17) is 4.74 Å². The summed E-state index contributed by atoms with van der Waals surface area (Å²) < 4.78 is 7.04. The number of carbonyl (C=O) groups excluding carboxylic acids is 2. The van der Waals surface area contributed by atoms with Crippen LogP contribution < -0.4 is 9.64 Å². The molecule has 0 radical (unpaired) electrons. The van der Waals surface area contributed by atoms with Gasteiger partial charge < -0.3 is 9.64 Å². The van der Waals surface area contributed by atoms with Crippen molar-refractivity contribution in [2.45, 2.75) is 13.5 Å². The summed E-state index contributed by atoms with van der Waals surface area (Å²) in [5.41, 5.74) is 2.79. The average molecular weight is 285 g/mol. The second-order valence-electron chi connectivity index (χ2n) is 4.81. The van der Waals surface area contributed by atoms with Crippen LogP contribution in [0.25, 0.3) is 11.3 Å². The maximum absolute atomic E-state index is 11.7. The van der Waals surface area contributed by atoms with Gasteiger partial charge in [0, 0.05) is 19.2 Å². The summed E-state index contributed by atoms with van der Waals surface area (Å²) in [6, 6.07) is 7.28. The van der Waals surface area contributed by atoms with Crippen LogP contribution in [0, 0.1) is 0 Å². The lowest BCUT2D eigenvalue weighted by Crippen LogP contribution is -2.35. The number of benzene rings is 1. The topological polar surface area (TPSA) is 64.4 Å². The first-order valence-corrected chi connectivity index (χ1v) is 6.71. The molecule has 0 unspecified atom stereocenters. The quantitative estimate of drug-likeness (QED) is 0.806. The molecule has 0 saturated carbocycles. The zero-order valence-corrected chi connectivity index (χ0v) is 11.9. The van der Waals surface area contributed by atoms with Crippen LogP contribution in [-0.4, -0.2) is 35.6 Å². The number of fused-ring (bicyclic) bond motifs is 1. The van der Waals surface area contributed by atoms with Crippen molar-refractivity contribution in [2.24, 2.45) is 0 Å². The Morgan fingerprint density at radius 3 is 2.86 bits per heavy atom. The van der Waals surface area contributed by atoms with Crippen molar-refractivity contribution in [2.75, 3.05) is 18.6 Å². The van der Waals surface area contributed by atoms with Crippen LogP contribution in [0.5, 0.6) is 5.75 Å². The summed E-state index contributed by atoms with van der Waals surface area (Å²) >= 11 is 0. The van der Waals surface area contributed by atoms with E-state index in [1.807, 2.05) is 25.1 Å². The van der Waals surface area contributed by atoms with Gasteiger partial charge in [-0.2, -0.15) is 5.10 Å². The molecule has 1 aliphatic heterocycles. The van der Waals surface area contributed by atoms with Crippen molar-refractivity contribution in [3.05, 3.63) is 30.0 Å². The van der Waals surface area contributed by atoms with Crippen LogP contribution in [0.1, 0.15) is 17.4 Å². The van der Waals surface area contributed by atoms with E-state index in [9.17, 15) is 9.59 Å². The zero-order chi connectivity index (χ0) is 15.0. The Morgan fingerprint density at radius 1 is 1.38 bits per heavy atom. The maximum Gasteiger partial charge on any atom is 0.264 e. The minimum absolute atomic E-state index is 0.0581. The Balaban J connectivity index is 2.06. The second kappa shape index (κ2) is 5.05. The summed E-state index contributed by atoms with van der Waals surface area (Å²) in [6.45, 7) is 2.61. The molecule has 108 valence electrons. The lowest BCUT2D eigenvalue weighted by atomic mass is 10.1. The number of likely N-dealkylation sites (N-methyl/N-ethyl adjacent to an activating group) is 1. The summed E-state index contributed by atoms with van der Waals surface area (Å²) in [6.07, 6.45) is 0.789. The molecule has 0 saturated heterocycles. The molecule has 1 amide bonds. The standard InChI is InChI=1S/C15H15N3O3/c1-3-18-11(8-19)7-12(16-18)10-4-5-14-13(6-10)17(2)15(20)9-21-14/h4-8H,3,9H2,1-2H3. The highest BCUT2D eigenvalue weighted by Gasteiger charge is 2.23. The van der Waals surface area contributed by atoms with Gasteiger partial charge in [-0.3, -0.25) is 14.3 Å². The van der Waals surface area contributed by atoms with Gasteiger partial charge in [0.1, 0.15) is 11.4 Å². The highest BCUT2D eigenvalue weighted by Crippen LogP contribution is 2.35. The molecule has 2 aromatic rings. The lowest BCUT2D eigenvalue weighted by Gasteiger charge is -2.26. The van der Waals surface area contributed by atoms with E-state index in [2.05, 4.69) is 5.10 Å². The third kappa shape index (κ3) is 2.18. The van der Waals surface area contributed by atoms with Gasteiger partial charge in [0.15, 0.2) is 12.9 Å². The summed E-state index contributed by atoms with van der Waals surface area (Å²) in [5.74, 6) is 0.582. The molecule has 1 aliphatic rings. The summed E-state index contributed by atoms with van der Waals surface area (Å²) in [4.78, 5) is 24.3. The number of aromatic nitrogens is 2. The third-order valence-electron chi connectivity index (χ3n) is 3.57. The molecule has 21 heavy (non-hydrogen) atoms. The van der Waals surface area contributed by atoms with E-state index in [0.29, 0.717) is 29.4 Å². The first-order chi connectivity index (χ1) is 10.1. The number of rotatable bonds is 3. The molecule has 1 aromatic carbocycles. The zero-order valence-electron chi connectivity index (χ0n) is 11.9. The predicted octanol–water partition coefficient (Wildman–Crippen LogP) is 1.74. The maximum atomic E-state index is 11.7. The van der Waals surface area contributed by atoms with Gasteiger partial charge in [0.05, 0.1) is 11.4 Å². The first kappa shape index (κ1) is 13.4. The first-order valence-electron chi connectivity index (χ1n) is 6.71. The number of nitrogens with zero attached hydrogens (tertiary/aromatic N) is 3. The second-order valence-corrected chi connectivity index (χ2v) is 4.81. The average Bonchev–Trinajstić information content (AvgIpc) is 2.94. The van der Waals surface area contributed by atoms with Gasteiger partial charge in [0.25, 0.3) is 5.91 Å². The Hall–Kier alpha value is -2.63. The van der Waals surface area contributed by atoms with Crippen molar-refractivity contribution < 1.29 is 14.3 Å². The molecule has 0 fully saturated rings. The highest BCUT2D eigenvalue weighted by atomic mass is 16.5. The van der Waals surface area contributed by atoms with E-state index in [-0.39, 0.29) is 12.5 Å². The fraction of sp³-hybridized carbons (Fsp3) is 0.267. The fourth-order valence-electron chi connectivity index (χ4n) is 2.35. The van der Waals surface area contributed by atoms with Gasteiger partial charge >= 0.3 is 0 Å². The number of anilines is 1. The number of amides is 1. The summed E-state index contributed by atoms with van der Waals surface area (Å²) in [5, 5.41) is 4.40. The fourth-order valence-corrected chi connectivity index (χ4v) is 2.35. The van der Waals surface area contributed by atoms with Crippen LogP contribution in [0.4, 0.5) is 5.69 Å².